The van der Waals surface area contributed by atoms with Crippen LogP contribution in [0.4, 0.5) is 0 Å². The van der Waals surface area contributed by atoms with Crippen LogP contribution in [0.2, 0.25) is 0 Å². The minimum Gasteiger partial charge on any atom is -0.324 e. The largest absolute Gasteiger partial charge is 0.325 e. The van der Waals surface area contributed by atoms with Gasteiger partial charge in [0.2, 0.25) is 0 Å². The van der Waals surface area contributed by atoms with Gasteiger partial charge in [-0.1, -0.05) is 81.5 Å². The van der Waals surface area contributed by atoms with E-state index >= 15 is 0 Å². The normalized spacial score (nSPS) is 15.8. The molecule has 1 N–H and O–H groups in total. The summed E-state index contributed by atoms with van der Waals surface area (Å²) in [6.45, 7) is 19.1. The van der Waals surface area contributed by atoms with Gasteiger partial charge in [-0.3, -0.25) is 4.57 Å². The summed E-state index contributed by atoms with van der Waals surface area (Å²) in [5.74, 6) is 0. The molecule has 0 saturated heterocycles. The first-order valence-corrected chi connectivity index (χ1v) is 17.3. The predicted octanol–water partition coefficient (Wildman–Crippen LogP) is 12.1. The van der Waals surface area contributed by atoms with Crippen molar-refractivity contribution < 1.29 is 14.0 Å². The summed E-state index contributed by atoms with van der Waals surface area (Å²) in [5.41, 5.74) is 10.0. The zero-order chi connectivity index (χ0) is 30.4. The van der Waals surface area contributed by atoms with Crippen LogP contribution in [-0.4, -0.2) is 18.2 Å². The molecule has 0 aromatic carbocycles. The van der Waals surface area contributed by atoms with E-state index in [1.54, 1.807) is 0 Å². The smallest absolute Gasteiger partial charge is 0.324 e. The summed E-state index contributed by atoms with van der Waals surface area (Å²) >= 11 is 0. The van der Waals surface area contributed by atoms with Crippen molar-refractivity contribution in [2.45, 2.75) is 132 Å². The Hall–Kier alpha value is -1.67. The lowest BCUT2D eigenvalue weighted by atomic mass is 10.0. The first kappa shape index (κ1) is 38.3. The van der Waals surface area contributed by atoms with Crippen molar-refractivity contribution in [1.82, 2.24) is 0 Å². The maximum absolute atomic E-state index is 11.1. The van der Waals surface area contributed by atoms with Crippen molar-refractivity contribution in [2.75, 3.05) is 13.3 Å². The Bertz CT molecular complexity index is 976. The van der Waals surface area contributed by atoms with Gasteiger partial charge >= 0.3 is 7.60 Å². The average molecular weight is 573 g/mol. The SMILES string of the molecule is CC(C)=CCC/C(C)=C/CC/C(C)=C/CC/C(C)=C/CC/C(C)=C/CC/C(C)=C/CC/C(C)=C/COP(C)(=O)O. The minimum atomic E-state index is -3.38. The molecular formula is C36H61O3P. The van der Waals surface area contributed by atoms with Crippen molar-refractivity contribution >= 4 is 7.60 Å². The number of hydrogen-bond donors (Lipinski definition) is 1. The predicted molar refractivity (Wildman–Crippen MR) is 179 cm³/mol. The highest BCUT2D eigenvalue weighted by molar-refractivity contribution is 7.51. The van der Waals surface area contributed by atoms with Crippen LogP contribution < -0.4 is 0 Å². The van der Waals surface area contributed by atoms with Crippen LogP contribution in [0.1, 0.15) is 132 Å². The van der Waals surface area contributed by atoms with E-state index < -0.39 is 7.60 Å². The van der Waals surface area contributed by atoms with Crippen LogP contribution in [0.15, 0.2) is 81.5 Å². The third kappa shape index (κ3) is 26.5. The van der Waals surface area contributed by atoms with Crippen LogP contribution in [0.5, 0.6) is 0 Å². The van der Waals surface area contributed by atoms with Gasteiger partial charge < -0.3 is 9.42 Å². The quantitative estimate of drug-likeness (QED) is 0.110. The molecule has 4 heteroatoms. The molecule has 0 aromatic heterocycles. The van der Waals surface area contributed by atoms with Gasteiger partial charge in [0.1, 0.15) is 0 Å². The molecule has 1 atom stereocenters. The van der Waals surface area contributed by atoms with E-state index in [0.717, 1.165) is 64.2 Å². The summed E-state index contributed by atoms with van der Waals surface area (Å²) in [6, 6.07) is 0. The third-order valence-corrected chi connectivity index (χ3v) is 7.62. The Morgan fingerprint density at radius 1 is 0.500 bits per heavy atom. The second-order valence-electron chi connectivity index (χ2n) is 11.9. The van der Waals surface area contributed by atoms with Crippen LogP contribution >= 0.6 is 7.60 Å². The molecule has 0 rings (SSSR count). The lowest BCUT2D eigenvalue weighted by molar-refractivity contribution is 0.292. The zero-order valence-corrected chi connectivity index (χ0v) is 28.3. The summed E-state index contributed by atoms with van der Waals surface area (Å²) in [4.78, 5) is 9.16. The van der Waals surface area contributed by atoms with Crippen molar-refractivity contribution in [3.8, 4) is 0 Å². The highest BCUT2D eigenvalue weighted by atomic mass is 31.2. The van der Waals surface area contributed by atoms with Gasteiger partial charge in [-0.05, 0) is 132 Å². The van der Waals surface area contributed by atoms with E-state index in [2.05, 4.69) is 84.9 Å². The highest BCUT2D eigenvalue weighted by Gasteiger charge is 2.07. The lowest BCUT2D eigenvalue weighted by Gasteiger charge is -2.05. The summed E-state index contributed by atoms with van der Waals surface area (Å²) in [6.07, 6.45) is 29.6. The maximum atomic E-state index is 11.1. The molecule has 0 aliphatic heterocycles. The van der Waals surface area contributed by atoms with Gasteiger partial charge in [-0.15, -0.1) is 0 Å². The molecule has 0 heterocycles. The monoisotopic (exact) mass is 572 g/mol. The second-order valence-corrected chi connectivity index (χ2v) is 13.8. The van der Waals surface area contributed by atoms with E-state index in [1.807, 2.05) is 13.0 Å². The second kappa shape index (κ2) is 23.0. The topological polar surface area (TPSA) is 46.5 Å². The Morgan fingerprint density at radius 3 is 1.00 bits per heavy atom. The third-order valence-electron chi connectivity index (χ3n) is 6.99. The Labute approximate surface area is 248 Å². The molecule has 0 spiro atoms. The minimum absolute atomic E-state index is 0.198. The average Bonchev–Trinajstić information content (AvgIpc) is 2.83. The van der Waals surface area contributed by atoms with Crippen LogP contribution in [0, 0.1) is 0 Å². The molecule has 40 heavy (non-hydrogen) atoms. The summed E-state index contributed by atoms with van der Waals surface area (Å²) in [7, 11) is -3.38. The standard InChI is InChI=1S/C36H61O3P/c1-30(2)16-10-17-31(3)18-11-19-32(4)20-12-21-33(5)22-13-23-34(6)24-14-25-35(7)26-15-27-36(8)28-29-39-40(9,37)38/h16,18,20,22,24,26,28H,10-15,17,19,21,23,25,27,29H2,1-9H3,(H,37,38)/b31-18+,32-20+,33-22+,34-24+,35-26+,36-28+. The maximum Gasteiger partial charge on any atom is 0.325 e. The molecule has 228 valence electrons. The zero-order valence-electron chi connectivity index (χ0n) is 27.4. The molecule has 0 amide bonds. The van der Waals surface area contributed by atoms with Gasteiger partial charge in [0.25, 0.3) is 0 Å². The summed E-state index contributed by atoms with van der Waals surface area (Å²) < 4.78 is 16.1. The van der Waals surface area contributed by atoms with E-state index in [9.17, 15) is 4.57 Å². The molecule has 0 aliphatic carbocycles. The Kier molecular flexibility index (Phi) is 22.0. The van der Waals surface area contributed by atoms with Crippen molar-refractivity contribution in [2.24, 2.45) is 0 Å². The number of allylic oxidation sites excluding steroid dienone is 13. The molecule has 0 saturated carbocycles. The van der Waals surface area contributed by atoms with E-state index in [-0.39, 0.29) is 6.61 Å². The van der Waals surface area contributed by atoms with Crippen molar-refractivity contribution in [3.63, 3.8) is 0 Å². The van der Waals surface area contributed by atoms with E-state index in [0.29, 0.717) is 0 Å². The fraction of sp³-hybridized carbons (Fsp3) is 0.611. The highest BCUT2D eigenvalue weighted by Crippen LogP contribution is 2.36. The molecule has 3 nitrogen and oxygen atoms in total. The molecular weight excluding hydrogens is 511 g/mol. The number of hydrogen-bond acceptors (Lipinski definition) is 2. The van der Waals surface area contributed by atoms with Gasteiger partial charge in [0, 0.05) is 6.66 Å². The van der Waals surface area contributed by atoms with Gasteiger partial charge in [-0.25, -0.2) is 0 Å². The van der Waals surface area contributed by atoms with Crippen molar-refractivity contribution in [3.05, 3.63) is 81.5 Å². The lowest BCUT2D eigenvalue weighted by Crippen LogP contribution is -1.89. The van der Waals surface area contributed by atoms with Crippen LogP contribution in [0.3, 0.4) is 0 Å². The van der Waals surface area contributed by atoms with Crippen LogP contribution in [0.25, 0.3) is 0 Å². The van der Waals surface area contributed by atoms with E-state index in [1.165, 1.54) is 58.5 Å². The molecule has 0 radical (unpaired) electrons. The Balaban J connectivity index is 4.18. The number of rotatable bonds is 21. The Morgan fingerprint density at radius 2 is 0.750 bits per heavy atom. The first-order valence-electron chi connectivity index (χ1n) is 15.3. The van der Waals surface area contributed by atoms with Crippen LogP contribution in [-0.2, 0) is 9.09 Å². The van der Waals surface area contributed by atoms with Gasteiger partial charge in [0.15, 0.2) is 0 Å². The molecule has 0 bridgehead atoms. The molecule has 0 fully saturated rings. The fourth-order valence-electron chi connectivity index (χ4n) is 4.25. The fourth-order valence-corrected chi connectivity index (χ4v) is 4.60. The first-order chi connectivity index (χ1) is 18.8. The van der Waals surface area contributed by atoms with Crippen molar-refractivity contribution in [1.29, 1.82) is 0 Å². The molecule has 1 unspecified atom stereocenters. The van der Waals surface area contributed by atoms with Gasteiger partial charge in [0.05, 0.1) is 6.61 Å². The van der Waals surface area contributed by atoms with Gasteiger partial charge in [-0.2, -0.15) is 0 Å². The van der Waals surface area contributed by atoms with E-state index in [4.69, 9.17) is 9.42 Å². The molecule has 0 aromatic rings. The molecule has 0 aliphatic rings. The summed E-state index contributed by atoms with van der Waals surface area (Å²) in [5, 5.41) is 0.